The molecule has 5 rings (SSSR count). The Hall–Kier alpha value is -4.12. The Morgan fingerprint density at radius 3 is 2.59 bits per heavy atom. The smallest absolute Gasteiger partial charge is 0.251 e. The summed E-state index contributed by atoms with van der Waals surface area (Å²) in [6.45, 7) is 3.94. The number of hydrogen-bond acceptors (Lipinski definition) is 8. The number of piperidine rings is 1. The van der Waals surface area contributed by atoms with Crippen molar-refractivity contribution in [3.63, 3.8) is 0 Å². The molecule has 0 bridgehead atoms. The normalized spacial score (nSPS) is 15.2. The van der Waals surface area contributed by atoms with Crippen molar-refractivity contribution in [2.75, 3.05) is 38.5 Å². The quantitative estimate of drug-likeness (QED) is 0.290. The van der Waals surface area contributed by atoms with Crippen LogP contribution in [0, 0.1) is 5.92 Å². The Bertz CT molecular complexity index is 1480. The first-order valence-electron chi connectivity index (χ1n) is 13.9. The molecule has 1 atom stereocenters. The van der Waals surface area contributed by atoms with E-state index in [9.17, 15) is 13.6 Å². The molecule has 1 aliphatic heterocycles. The van der Waals surface area contributed by atoms with Crippen LogP contribution in [0.2, 0.25) is 0 Å². The molecule has 0 spiro atoms. The number of anilines is 1. The first-order chi connectivity index (χ1) is 19.9. The third-order valence-corrected chi connectivity index (χ3v) is 7.64. The van der Waals surface area contributed by atoms with Gasteiger partial charge in [-0.3, -0.25) is 14.7 Å². The molecule has 214 valence electrons. The molecule has 0 saturated carbocycles. The monoisotopic (exact) mass is 560 g/mol. The van der Waals surface area contributed by atoms with E-state index >= 15 is 0 Å². The summed E-state index contributed by atoms with van der Waals surface area (Å²) >= 11 is 0. The molecule has 1 fully saturated rings. The minimum absolute atomic E-state index is 0.0920. The van der Waals surface area contributed by atoms with E-state index in [0.717, 1.165) is 47.1 Å². The zero-order valence-electron chi connectivity index (χ0n) is 23.2. The number of nitrogens with zero attached hydrogens (tertiary/aromatic N) is 6. The van der Waals surface area contributed by atoms with E-state index in [1.54, 1.807) is 31.7 Å². The first kappa shape index (κ1) is 28.4. The van der Waals surface area contributed by atoms with Gasteiger partial charge < -0.3 is 10.6 Å². The van der Waals surface area contributed by atoms with Gasteiger partial charge in [0.1, 0.15) is 18.0 Å². The van der Waals surface area contributed by atoms with Gasteiger partial charge in [0.25, 0.3) is 12.3 Å². The maximum atomic E-state index is 12.6. The maximum Gasteiger partial charge on any atom is 0.251 e. The number of nitrogens with one attached hydrogen (secondary N) is 2. The number of aromatic nitrogens is 5. The number of para-hydroxylation sites is 1. The molecule has 0 radical (unpaired) electrons. The minimum atomic E-state index is -2.28. The number of carbonyl (C=O) groups is 1. The first-order valence-corrected chi connectivity index (χ1v) is 13.9. The molecular formula is C30H34F2N8O. The van der Waals surface area contributed by atoms with E-state index in [1.807, 2.05) is 29.2 Å². The zero-order valence-corrected chi connectivity index (χ0v) is 23.2. The van der Waals surface area contributed by atoms with Crippen molar-refractivity contribution in [2.45, 2.75) is 38.5 Å². The number of rotatable bonds is 10. The van der Waals surface area contributed by atoms with Crippen molar-refractivity contribution < 1.29 is 13.6 Å². The molecule has 2 N–H and O–H groups in total. The van der Waals surface area contributed by atoms with Crippen LogP contribution in [0.4, 0.5) is 14.6 Å². The molecule has 1 saturated heterocycles. The number of carbonyl (C=O) groups excluding carboxylic acids is 1. The van der Waals surface area contributed by atoms with Gasteiger partial charge in [-0.2, -0.15) is 0 Å². The summed E-state index contributed by atoms with van der Waals surface area (Å²) in [5.74, 6) is 1.79. The highest BCUT2D eigenvalue weighted by molar-refractivity contribution is 6.06. The molecular weight excluding hydrogens is 526 g/mol. The lowest BCUT2D eigenvalue weighted by molar-refractivity contribution is 0.0688. The van der Waals surface area contributed by atoms with Gasteiger partial charge in [-0.15, -0.1) is 0 Å². The highest BCUT2D eigenvalue weighted by Gasteiger charge is 2.22. The summed E-state index contributed by atoms with van der Waals surface area (Å²) in [5.41, 5.74) is 3.95. The Balaban J connectivity index is 1.20. The number of fused-ring (bicyclic) bond motifs is 1. The number of amides is 1. The van der Waals surface area contributed by atoms with Crippen LogP contribution in [-0.4, -0.2) is 75.4 Å². The van der Waals surface area contributed by atoms with Crippen LogP contribution in [0.1, 0.15) is 47.4 Å². The SMILES string of the molecule is CNC(=O)c1ccnc2c(C(C)CNc3cc(-c4cnc(CC5CCN(CC(F)F)CC5)nc4)ncn3)cccc12. The largest absolute Gasteiger partial charge is 0.369 e. The van der Waals surface area contributed by atoms with Gasteiger partial charge in [0.05, 0.1) is 23.3 Å². The summed E-state index contributed by atoms with van der Waals surface area (Å²) in [6.07, 6.45) is 6.94. The average Bonchev–Trinajstić information content (AvgIpc) is 3.00. The van der Waals surface area contributed by atoms with E-state index in [1.165, 1.54) is 6.33 Å². The Morgan fingerprint density at radius 1 is 1.07 bits per heavy atom. The van der Waals surface area contributed by atoms with E-state index in [0.29, 0.717) is 42.6 Å². The summed E-state index contributed by atoms with van der Waals surface area (Å²) in [5, 5.41) is 6.91. The fourth-order valence-electron chi connectivity index (χ4n) is 5.33. The van der Waals surface area contributed by atoms with E-state index in [2.05, 4.69) is 42.5 Å². The minimum Gasteiger partial charge on any atom is -0.369 e. The van der Waals surface area contributed by atoms with Crippen molar-refractivity contribution >= 4 is 22.6 Å². The second-order valence-corrected chi connectivity index (χ2v) is 10.5. The molecule has 1 amide bonds. The molecule has 3 aromatic heterocycles. The van der Waals surface area contributed by atoms with E-state index in [4.69, 9.17) is 0 Å². The molecule has 4 heterocycles. The van der Waals surface area contributed by atoms with Gasteiger partial charge in [-0.05, 0) is 43.5 Å². The highest BCUT2D eigenvalue weighted by atomic mass is 19.3. The molecule has 0 aliphatic carbocycles. The van der Waals surface area contributed by atoms with E-state index < -0.39 is 6.43 Å². The Kier molecular flexibility index (Phi) is 9.03. The maximum absolute atomic E-state index is 12.6. The van der Waals surface area contributed by atoms with Gasteiger partial charge >= 0.3 is 0 Å². The number of likely N-dealkylation sites (tertiary alicyclic amines) is 1. The molecule has 9 nitrogen and oxygen atoms in total. The molecule has 11 heteroatoms. The van der Waals surface area contributed by atoms with Crippen molar-refractivity contribution in [1.82, 2.24) is 35.1 Å². The number of alkyl halides is 2. The van der Waals surface area contributed by atoms with Gasteiger partial charge in [0.15, 0.2) is 0 Å². The van der Waals surface area contributed by atoms with Gasteiger partial charge in [0, 0.05) is 61.5 Å². The van der Waals surface area contributed by atoms with Crippen LogP contribution >= 0.6 is 0 Å². The van der Waals surface area contributed by atoms with Crippen LogP contribution in [0.5, 0.6) is 0 Å². The lowest BCUT2D eigenvalue weighted by Gasteiger charge is -2.31. The molecule has 4 aromatic rings. The number of halogens is 2. The highest BCUT2D eigenvalue weighted by Crippen LogP contribution is 2.27. The van der Waals surface area contributed by atoms with Crippen LogP contribution < -0.4 is 10.6 Å². The average molecular weight is 561 g/mol. The Morgan fingerprint density at radius 2 is 1.85 bits per heavy atom. The van der Waals surface area contributed by atoms with Crippen molar-refractivity contribution in [1.29, 1.82) is 0 Å². The predicted octanol–water partition coefficient (Wildman–Crippen LogP) is 4.58. The lowest BCUT2D eigenvalue weighted by Crippen LogP contribution is -2.37. The van der Waals surface area contributed by atoms with E-state index in [-0.39, 0.29) is 18.4 Å². The van der Waals surface area contributed by atoms with Crippen molar-refractivity contribution in [2.24, 2.45) is 5.92 Å². The van der Waals surface area contributed by atoms with Crippen molar-refractivity contribution in [3.8, 4) is 11.3 Å². The molecule has 1 aromatic carbocycles. The third kappa shape index (κ3) is 6.97. The summed E-state index contributed by atoms with van der Waals surface area (Å²) in [6, 6.07) is 9.50. The molecule has 1 aliphatic rings. The fourth-order valence-corrected chi connectivity index (χ4v) is 5.33. The Labute approximate surface area is 237 Å². The third-order valence-electron chi connectivity index (χ3n) is 7.64. The second-order valence-electron chi connectivity index (χ2n) is 10.5. The van der Waals surface area contributed by atoms with Crippen molar-refractivity contribution in [3.05, 3.63) is 72.2 Å². The van der Waals surface area contributed by atoms with Crippen LogP contribution in [0.3, 0.4) is 0 Å². The lowest BCUT2D eigenvalue weighted by atomic mass is 9.93. The fraction of sp³-hybridized carbons (Fsp3) is 0.400. The number of pyridine rings is 1. The number of hydrogen-bond donors (Lipinski definition) is 2. The van der Waals surface area contributed by atoms with Gasteiger partial charge in [0.2, 0.25) is 0 Å². The van der Waals surface area contributed by atoms with Gasteiger partial charge in [-0.1, -0.05) is 25.1 Å². The molecule has 41 heavy (non-hydrogen) atoms. The molecule has 1 unspecified atom stereocenters. The summed E-state index contributed by atoms with van der Waals surface area (Å²) in [7, 11) is 1.62. The summed E-state index contributed by atoms with van der Waals surface area (Å²) in [4.78, 5) is 36.6. The summed E-state index contributed by atoms with van der Waals surface area (Å²) < 4.78 is 25.2. The second kappa shape index (κ2) is 13.0. The van der Waals surface area contributed by atoms with Crippen LogP contribution in [-0.2, 0) is 6.42 Å². The standard InChI is InChI=1S/C30H34F2N8O/c1-19(22-4-3-5-23-24(30(41)33-2)6-9-34-29(22)23)14-35-28-13-25(38-18-39-28)21-15-36-27(37-16-21)12-20-7-10-40(11-8-20)17-26(31)32/h3-6,9,13,15-16,18-20,26H,7-8,10-12,14,17H2,1-2H3,(H,33,41)(H,35,38,39). The zero-order chi connectivity index (χ0) is 28.8. The van der Waals surface area contributed by atoms with Crippen LogP contribution in [0.15, 0.2) is 55.2 Å². The van der Waals surface area contributed by atoms with Gasteiger partial charge in [-0.25, -0.2) is 28.7 Å². The topological polar surface area (TPSA) is 109 Å². The number of benzene rings is 1. The predicted molar refractivity (Wildman–Crippen MR) is 154 cm³/mol. The van der Waals surface area contributed by atoms with Crippen LogP contribution in [0.25, 0.3) is 22.2 Å².